The molecule has 0 saturated carbocycles. The average molecular weight is 169 g/mol. The lowest BCUT2D eigenvalue weighted by Gasteiger charge is -1.98. The van der Waals surface area contributed by atoms with E-state index in [0.29, 0.717) is 12.5 Å². The molecule has 56 valence electrons. The second-order valence-electron chi connectivity index (χ2n) is 1.50. The summed E-state index contributed by atoms with van der Waals surface area (Å²) in [5.74, 6) is 2.87. The normalized spacial score (nSPS) is 10.0. The van der Waals surface area contributed by atoms with Gasteiger partial charge in [0.1, 0.15) is 0 Å². The number of alkyl halides is 1. The summed E-state index contributed by atoms with van der Waals surface area (Å²) in [7, 11) is 0. The van der Waals surface area contributed by atoms with Gasteiger partial charge < -0.3 is 4.74 Å². The molecular weight excluding hydrogens is 156 g/mol. The summed E-state index contributed by atoms with van der Waals surface area (Å²) in [6.07, 6.45) is 0. The molecule has 0 aromatic carbocycles. The average Bonchev–Trinajstić information content (AvgIpc) is 1.89. The van der Waals surface area contributed by atoms with Crippen molar-refractivity contribution in [3.8, 4) is 0 Å². The Hall–Kier alpha value is 0.600. The second kappa shape index (κ2) is 8.60. The number of ether oxygens (including phenoxy) is 1. The highest BCUT2D eigenvalue weighted by Crippen LogP contribution is 1.96. The van der Waals surface area contributed by atoms with Crippen LogP contribution in [0.2, 0.25) is 0 Å². The van der Waals surface area contributed by atoms with Gasteiger partial charge in [-0.2, -0.15) is 11.8 Å². The molecule has 0 aromatic rings. The largest absolute Gasteiger partial charge is 0.379 e. The van der Waals surface area contributed by atoms with E-state index in [1.165, 1.54) is 5.75 Å². The van der Waals surface area contributed by atoms with Crippen LogP contribution in [0.3, 0.4) is 0 Å². The molecule has 0 radical (unpaired) electrons. The lowest BCUT2D eigenvalue weighted by atomic mass is 10.8. The molecular formula is C6H13ClOS. The van der Waals surface area contributed by atoms with Crippen LogP contribution in [-0.4, -0.2) is 30.6 Å². The Morgan fingerprint density at radius 2 is 2.22 bits per heavy atom. The summed E-state index contributed by atoms with van der Waals surface area (Å²) in [5, 5.41) is 0. The molecule has 0 aliphatic carbocycles. The van der Waals surface area contributed by atoms with Gasteiger partial charge in [-0.25, -0.2) is 0 Å². The highest BCUT2D eigenvalue weighted by Gasteiger charge is 1.85. The topological polar surface area (TPSA) is 9.23 Å². The van der Waals surface area contributed by atoms with Crippen molar-refractivity contribution in [3.05, 3.63) is 0 Å². The number of thioether (sulfide) groups is 1. The lowest BCUT2D eigenvalue weighted by molar-refractivity contribution is 0.166. The van der Waals surface area contributed by atoms with Gasteiger partial charge in [-0.15, -0.1) is 11.6 Å². The Morgan fingerprint density at radius 3 is 2.78 bits per heavy atom. The van der Waals surface area contributed by atoms with Gasteiger partial charge in [-0.05, 0) is 5.75 Å². The fourth-order valence-corrected chi connectivity index (χ4v) is 1.05. The van der Waals surface area contributed by atoms with Crippen molar-refractivity contribution >= 4 is 23.4 Å². The molecule has 0 unspecified atom stereocenters. The molecule has 1 nitrogen and oxygen atoms in total. The summed E-state index contributed by atoms with van der Waals surface area (Å²) in [6.45, 7) is 3.67. The quantitative estimate of drug-likeness (QED) is 0.443. The fourth-order valence-electron chi connectivity index (χ4n) is 0.419. The van der Waals surface area contributed by atoms with Crippen molar-refractivity contribution in [3.63, 3.8) is 0 Å². The van der Waals surface area contributed by atoms with Gasteiger partial charge in [-0.1, -0.05) is 6.92 Å². The van der Waals surface area contributed by atoms with Gasteiger partial charge in [0.2, 0.25) is 0 Å². The summed E-state index contributed by atoms with van der Waals surface area (Å²) >= 11 is 7.27. The third kappa shape index (κ3) is 8.60. The minimum absolute atomic E-state index is 0.608. The van der Waals surface area contributed by atoms with Crippen LogP contribution in [0.1, 0.15) is 6.92 Å². The Morgan fingerprint density at radius 1 is 1.44 bits per heavy atom. The summed E-state index contributed by atoms with van der Waals surface area (Å²) < 4.78 is 5.13. The van der Waals surface area contributed by atoms with Crippen LogP contribution in [0.15, 0.2) is 0 Å². The molecule has 0 rings (SSSR count). The molecule has 0 fully saturated rings. The number of rotatable bonds is 6. The van der Waals surface area contributed by atoms with Crippen LogP contribution in [0.25, 0.3) is 0 Å². The van der Waals surface area contributed by atoms with Gasteiger partial charge in [0.25, 0.3) is 0 Å². The summed E-state index contributed by atoms with van der Waals surface area (Å²) in [4.78, 5) is 0. The molecule has 0 spiro atoms. The molecule has 0 aliphatic heterocycles. The Labute approximate surface area is 66.1 Å². The maximum absolute atomic E-state index is 5.38. The van der Waals surface area contributed by atoms with Gasteiger partial charge in [0, 0.05) is 11.6 Å². The predicted molar refractivity (Wildman–Crippen MR) is 44.5 cm³/mol. The third-order valence-corrected chi connectivity index (χ3v) is 1.82. The molecule has 0 aliphatic rings. The first kappa shape index (κ1) is 9.60. The van der Waals surface area contributed by atoms with Gasteiger partial charge in [0.05, 0.1) is 13.2 Å². The zero-order chi connectivity index (χ0) is 6.95. The van der Waals surface area contributed by atoms with E-state index >= 15 is 0 Å². The molecule has 0 bridgehead atoms. The Bertz CT molecular complexity index is 46.3. The van der Waals surface area contributed by atoms with Crippen molar-refractivity contribution in [2.75, 3.05) is 30.6 Å². The monoisotopic (exact) mass is 168 g/mol. The Kier molecular flexibility index (Phi) is 9.17. The molecule has 0 saturated heterocycles. The van der Waals surface area contributed by atoms with E-state index in [-0.39, 0.29) is 0 Å². The van der Waals surface area contributed by atoms with Gasteiger partial charge in [0.15, 0.2) is 0 Å². The SMILES string of the molecule is CCSCCOCCCl. The molecule has 3 heteroatoms. The Balaban J connectivity index is 2.60. The van der Waals surface area contributed by atoms with Crippen molar-refractivity contribution < 1.29 is 4.74 Å². The first-order chi connectivity index (χ1) is 4.41. The van der Waals surface area contributed by atoms with E-state index in [4.69, 9.17) is 16.3 Å². The highest BCUT2D eigenvalue weighted by molar-refractivity contribution is 7.99. The first-order valence-electron chi connectivity index (χ1n) is 3.13. The van der Waals surface area contributed by atoms with Gasteiger partial charge >= 0.3 is 0 Å². The number of halogens is 1. The van der Waals surface area contributed by atoms with E-state index in [0.717, 1.165) is 12.4 Å². The zero-order valence-electron chi connectivity index (χ0n) is 5.73. The van der Waals surface area contributed by atoms with Crippen molar-refractivity contribution in [2.45, 2.75) is 6.92 Å². The molecule has 0 heterocycles. The van der Waals surface area contributed by atoms with E-state index in [2.05, 4.69) is 6.92 Å². The van der Waals surface area contributed by atoms with Crippen molar-refractivity contribution in [2.24, 2.45) is 0 Å². The minimum Gasteiger partial charge on any atom is -0.379 e. The van der Waals surface area contributed by atoms with E-state index in [1.807, 2.05) is 11.8 Å². The fraction of sp³-hybridized carbons (Fsp3) is 1.00. The smallest absolute Gasteiger partial charge is 0.0602 e. The van der Waals surface area contributed by atoms with E-state index in [9.17, 15) is 0 Å². The molecule has 0 atom stereocenters. The number of hydrogen-bond donors (Lipinski definition) is 0. The first-order valence-corrected chi connectivity index (χ1v) is 4.82. The third-order valence-electron chi connectivity index (χ3n) is 0.798. The van der Waals surface area contributed by atoms with Crippen LogP contribution in [-0.2, 0) is 4.74 Å². The van der Waals surface area contributed by atoms with Crippen LogP contribution < -0.4 is 0 Å². The van der Waals surface area contributed by atoms with Gasteiger partial charge in [-0.3, -0.25) is 0 Å². The standard InChI is InChI=1S/C6H13ClOS/c1-2-9-6-5-8-4-3-7/h2-6H2,1H3. The predicted octanol–water partition coefficient (Wildman–Crippen LogP) is 1.99. The second-order valence-corrected chi connectivity index (χ2v) is 3.27. The van der Waals surface area contributed by atoms with Crippen molar-refractivity contribution in [1.29, 1.82) is 0 Å². The molecule has 0 N–H and O–H groups in total. The minimum atomic E-state index is 0.608. The summed E-state index contributed by atoms with van der Waals surface area (Å²) in [5.41, 5.74) is 0. The zero-order valence-corrected chi connectivity index (χ0v) is 7.30. The maximum Gasteiger partial charge on any atom is 0.0602 e. The molecule has 0 aromatic heterocycles. The highest BCUT2D eigenvalue weighted by atomic mass is 35.5. The lowest BCUT2D eigenvalue weighted by Crippen LogP contribution is -1.99. The molecule has 0 amide bonds. The molecule has 9 heavy (non-hydrogen) atoms. The maximum atomic E-state index is 5.38. The van der Waals surface area contributed by atoms with E-state index in [1.54, 1.807) is 0 Å². The van der Waals surface area contributed by atoms with Crippen LogP contribution >= 0.6 is 23.4 Å². The van der Waals surface area contributed by atoms with E-state index < -0.39 is 0 Å². The van der Waals surface area contributed by atoms with Crippen LogP contribution in [0.5, 0.6) is 0 Å². The summed E-state index contributed by atoms with van der Waals surface area (Å²) in [6, 6.07) is 0. The van der Waals surface area contributed by atoms with Crippen LogP contribution in [0, 0.1) is 0 Å². The number of hydrogen-bond acceptors (Lipinski definition) is 2. The van der Waals surface area contributed by atoms with Crippen molar-refractivity contribution in [1.82, 2.24) is 0 Å². The van der Waals surface area contributed by atoms with Crippen LogP contribution in [0.4, 0.5) is 0 Å².